The van der Waals surface area contributed by atoms with Gasteiger partial charge < -0.3 is 19.5 Å². The third-order valence-electron chi connectivity index (χ3n) is 5.16. The van der Waals surface area contributed by atoms with Gasteiger partial charge in [-0.1, -0.05) is 48.5 Å². The van der Waals surface area contributed by atoms with E-state index in [0.717, 1.165) is 16.6 Å². The molecule has 35 heavy (non-hydrogen) atoms. The van der Waals surface area contributed by atoms with Crippen LogP contribution in [0.2, 0.25) is 0 Å². The zero-order valence-corrected chi connectivity index (χ0v) is 20.7. The van der Waals surface area contributed by atoms with Gasteiger partial charge in [0.2, 0.25) is 0 Å². The van der Waals surface area contributed by atoms with Crippen molar-refractivity contribution in [2.75, 3.05) is 25.1 Å². The first-order valence-electron chi connectivity index (χ1n) is 11.4. The lowest BCUT2D eigenvalue weighted by atomic mass is 10.1. The molecule has 4 aromatic rings. The summed E-state index contributed by atoms with van der Waals surface area (Å²) in [5.74, 6) is 2.02. The number of rotatable bonds is 11. The molecule has 0 saturated carbocycles. The third-order valence-corrected chi connectivity index (χ3v) is 5.78. The van der Waals surface area contributed by atoms with Crippen LogP contribution >= 0.6 is 15.9 Å². The molecule has 0 aliphatic carbocycles. The summed E-state index contributed by atoms with van der Waals surface area (Å²) in [6.07, 6.45) is 0.815. The average molecular weight is 532 g/mol. The highest BCUT2D eigenvalue weighted by Crippen LogP contribution is 2.27. The van der Waals surface area contributed by atoms with Gasteiger partial charge in [0.05, 0.1) is 11.1 Å². The first-order chi connectivity index (χ1) is 17.2. The minimum Gasteiger partial charge on any atom is -0.492 e. The van der Waals surface area contributed by atoms with E-state index in [0.29, 0.717) is 42.6 Å². The third kappa shape index (κ3) is 7.62. The van der Waals surface area contributed by atoms with Crippen LogP contribution in [-0.2, 0) is 6.42 Å². The Kier molecular flexibility index (Phi) is 8.79. The highest BCUT2D eigenvalue weighted by molar-refractivity contribution is 9.10. The molecule has 0 fully saturated rings. The van der Waals surface area contributed by atoms with E-state index in [4.69, 9.17) is 14.2 Å². The van der Waals surface area contributed by atoms with E-state index in [-0.39, 0.29) is 5.91 Å². The average Bonchev–Trinajstić information content (AvgIpc) is 2.89. The van der Waals surface area contributed by atoms with E-state index in [1.54, 1.807) is 30.3 Å². The molecule has 6 heteroatoms. The molecule has 0 aromatic heterocycles. The predicted octanol–water partition coefficient (Wildman–Crippen LogP) is 6.78. The van der Waals surface area contributed by atoms with Crippen molar-refractivity contribution >= 4 is 27.5 Å². The molecule has 0 unspecified atom stereocenters. The van der Waals surface area contributed by atoms with E-state index in [2.05, 4.69) is 33.4 Å². The van der Waals surface area contributed by atoms with Gasteiger partial charge in [0.25, 0.3) is 5.91 Å². The smallest absolute Gasteiger partial charge is 0.255 e. The predicted molar refractivity (Wildman–Crippen MR) is 142 cm³/mol. The maximum absolute atomic E-state index is 12.7. The fraction of sp³-hybridized carbons (Fsp3) is 0.138. The molecular weight excluding hydrogens is 506 g/mol. The van der Waals surface area contributed by atoms with Gasteiger partial charge in [-0.2, -0.15) is 0 Å². The van der Waals surface area contributed by atoms with Crippen LogP contribution in [0.25, 0.3) is 0 Å². The number of carbonyl (C=O) groups is 1. The maximum atomic E-state index is 12.7. The number of hydrogen-bond acceptors (Lipinski definition) is 4. The number of benzene rings is 4. The van der Waals surface area contributed by atoms with Crippen molar-refractivity contribution in [2.24, 2.45) is 0 Å². The standard InChI is InChI=1S/C29H26BrNO4/c30-27-21-23(11-16-28(27)35-18-17-22-7-3-1-4-8-22)29(32)31-24-12-14-26(15-13-24)34-20-19-33-25-9-5-2-6-10-25/h1-16,21H,17-20H2,(H,31,32). The van der Waals surface area contributed by atoms with Crippen LogP contribution in [0.5, 0.6) is 17.2 Å². The normalized spacial score (nSPS) is 10.4. The van der Waals surface area contributed by atoms with Gasteiger partial charge in [-0.25, -0.2) is 0 Å². The van der Waals surface area contributed by atoms with Crippen LogP contribution in [0.3, 0.4) is 0 Å². The SMILES string of the molecule is O=C(Nc1ccc(OCCOc2ccccc2)cc1)c1ccc(OCCc2ccccc2)c(Br)c1. The summed E-state index contributed by atoms with van der Waals surface area (Å²) in [5.41, 5.74) is 2.43. The molecule has 0 aliphatic heterocycles. The summed E-state index contributed by atoms with van der Waals surface area (Å²) in [6, 6.07) is 32.4. The molecule has 0 bridgehead atoms. The number of hydrogen-bond donors (Lipinski definition) is 1. The molecule has 5 nitrogen and oxygen atoms in total. The van der Waals surface area contributed by atoms with Crippen molar-refractivity contribution in [3.63, 3.8) is 0 Å². The summed E-state index contributed by atoms with van der Waals surface area (Å²) in [5, 5.41) is 2.90. The number of para-hydroxylation sites is 1. The molecule has 0 radical (unpaired) electrons. The fourth-order valence-electron chi connectivity index (χ4n) is 3.36. The van der Waals surface area contributed by atoms with Gasteiger partial charge in [-0.05, 0) is 76.1 Å². The highest BCUT2D eigenvalue weighted by atomic mass is 79.9. The minimum atomic E-state index is -0.202. The van der Waals surface area contributed by atoms with Crippen LogP contribution in [0, 0.1) is 0 Å². The Bertz CT molecular complexity index is 1210. The number of halogens is 1. The highest BCUT2D eigenvalue weighted by Gasteiger charge is 2.10. The van der Waals surface area contributed by atoms with E-state index >= 15 is 0 Å². The number of nitrogens with one attached hydrogen (secondary N) is 1. The molecule has 0 heterocycles. The molecule has 4 rings (SSSR count). The molecule has 0 spiro atoms. The van der Waals surface area contributed by atoms with Gasteiger partial charge in [-0.3, -0.25) is 4.79 Å². The van der Waals surface area contributed by atoms with E-state index in [1.165, 1.54) is 5.56 Å². The monoisotopic (exact) mass is 531 g/mol. The Morgan fingerprint density at radius 2 is 1.31 bits per heavy atom. The number of ether oxygens (including phenoxy) is 3. The quantitative estimate of drug-likeness (QED) is 0.217. The molecule has 1 N–H and O–H groups in total. The van der Waals surface area contributed by atoms with Gasteiger partial charge in [0, 0.05) is 17.7 Å². The molecule has 1 amide bonds. The topological polar surface area (TPSA) is 56.8 Å². The van der Waals surface area contributed by atoms with Crippen molar-refractivity contribution in [1.82, 2.24) is 0 Å². The molecular formula is C29H26BrNO4. The number of amides is 1. The zero-order chi connectivity index (χ0) is 24.3. The van der Waals surface area contributed by atoms with Crippen molar-refractivity contribution in [3.05, 3.63) is 119 Å². The molecule has 0 saturated heterocycles. The van der Waals surface area contributed by atoms with Crippen LogP contribution < -0.4 is 19.5 Å². The van der Waals surface area contributed by atoms with Gasteiger partial charge >= 0.3 is 0 Å². The molecule has 178 valence electrons. The largest absolute Gasteiger partial charge is 0.492 e. The first-order valence-corrected chi connectivity index (χ1v) is 12.1. The van der Waals surface area contributed by atoms with E-state index in [1.807, 2.05) is 60.7 Å². The van der Waals surface area contributed by atoms with E-state index in [9.17, 15) is 4.79 Å². The number of carbonyl (C=O) groups excluding carboxylic acids is 1. The Labute approximate surface area is 213 Å². The van der Waals surface area contributed by atoms with Crippen LogP contribution in [-0.4, -0.2) is 25.7 Å². The van der Waals surface area contributed by atoms with E-state index < -0.39 is 0 Å². The first kappa shape index (κ1) is 24.4. The van der Waals surface area contributed by atoms with Crippen molar-refractivity contribution in [3.8, 4) is 17.2 Å². The van der Waals surface area contributed by atoms with Crippen LogP contribution in [0.1, 0.15) is 15.9 Å². The second kappa shape index (κ2) is 12.6. The summed E-state index contributed by atoms with van der Waals surface area (Å²) < 4.78 is 17.9. The van der Waals surface area contributed by atoms with Crippen molar-refractivity contribution in [1.29, 1.82) is 0 Å². The van der Waals surface area contributed by atoms with Crippen LogP contribution in [0.4, 0.5) is 5.69 Å². The lowest BCUT2D eigenvalue weighted by molar-refractivity contribution is 0.102. The second-order valence-corrected chi connectivity index (χ2v) is 8.57. The number of anilines is 1. The van der Waals surface area contributed by atoms with Crippen molar-refractivity contribution in [2.45, 2.75) is 6.42 Å². The van der Waals surface area contributed by atoms with Crippen LogP contribution in [0.15, 0.2) is 108 Å². The summed E-state index contributed by atoms with van der Waals surface area (Å²) in [7, 11) is 0. The van der Waals surface area contributed by atoms with Crippen molar-refractivity contribution < 1.29 is 19.0 Å². The lowest BCUT2D eigenvalue weighted by Crippen LogP contribution is -2.12. The van der Waals surface area contributed by atoms with Gasteiger partial charge in [0.15, 0.2) is 0 Å². The summed E-state index contributed by atoms with van der Waals surface area (Å²) in [4.78, 5) is 12.7. The minimum absolute atomic E-state index is 0.202. The fourth-order valence-corrected chi connectivity index (χ4v) is 3.85. The second-order valence-electron chi connectivity index (χ2n) is 7.72. The Hall–Kier alpha value is -3.77. The summed E-state index contributed by atoms with van der Waals surface area (Å²) in [6.45, 7) is 1.43. The molecule has 4 aromatic carbocycles. The zero-order valence-electron chi connectivity index (χ0n) is 19.2. The lowest BCUT2D eigenvalue weighted by Gasteiger charge is -2.11. The maximum Gasteiger partial charge on any atom is 0.255 e. The Morgan fingerprint density at radius 3 is 1.97 bits per heavy atom. The molecule has 0 aliphatic rings. The molecule has 0 atom stereocenters. The van der Waals surface area contributed by atoms with Gasteiger partial charge in [-0.15, -0.1) is 0 Å². The summed E-state index contributed by atoms with van der Waals surface area (Å²) >= 11 is 3.51. The Morgan fingerprint density at radius 1 is 0.686 bits per heavy atom. The van der Waals surface area contributed by atoms with Gasteiger partial charge in [0.1, 0.15) is 30.5 Å². The Balaban J connectivity index is 1.23.